The van der Waals surface area contributed by atoms with Crippen LogP contribution in [0.1, 0.15) is 0 Å². The van der Waals surface area contributed by atoms with E-state index < -0.39 is 41.5 Å². The molecular formula is C11H11FN4O5. The Morgan fingerprint density at radius 2 is 2.24 bits per heavy atom. The Labute approximate surface area is 116 Å². The van der Waals surface area contributed by atoms with Crippen molar-refractivity contribution in [1.82, 2.24) is 9.55 Å². The predicted octanol–water partition coefficient (Wildman–Crippen LogP) is -2.79. The average molecular weight is 298 g/mol. The minimum Gasteiger partial charge on any atom is -0.387 e. The fourth-order valence-electron chi connectivity index (χ4n) is 2.84. The number of hydrogen-bond acceptors (Lipinski definition) is 8. The van der Waals surface area contributed by atoms with Gasteiger partial charge in [-0.3, -0.25) is 4.57 Å². The lowest BCUT2D eigenvalue weighted by atomic mass is 10.0. The summed E-state index contributed by atoms with van der Waals surface area (Å²) >= 11 is 0. The van der Waals surface area contributed by atoms with Gasteiger partial charge < -0.3 is 25.8 Å². The third kappa shape index (κ3) is 1.27. The van der Waals surface area contributed by atoms with Crippen molar-refractivity contribution in [3.05, 3.63) is 22.7 Å². The summed E-state index contributed by atoms with van der Waals surface area (Å²) in [6, 6.07) is 2.71. The van der Waals surface area contributed by atoms with Crippen LogP contribution in [0.5, 0.6) is 0 Å². The van der Waals surface area contributed by atoms with Crippen molar-refractivity contribution in [2.24, 2.45) is 0 Å². The van der Waals surface area contributed by atoms with Gasteiger partial charge in [0.15, 0.2) is 17.3 Å². The maximum absolute atomic E-state index is 13.2. The van der Waals surface area contributed by atoms with Crippen molar-refractivity contribution in [3.8, 4) is 6.07 Å². The molecule has 3 rings (SSSR count). The summed E-state index contributed by atoms with van der Waals surface area (Å²) in [5.41, 5.74) is -2.63. The molecule has 112 valence electrons. The number of rotatable bonds is 2. The molecule has 9 nitrogen and oxygen atoms in total. The number of anilines is 1. The molecule has 1 aromatic heterocycles. The molecule has 2 aliphatic rings. The van der Waals surface area contributed by atoms with Crippen LogP contribution in [0.2, 0.25) is 0 Å². The first-order valence-electron chi connectivity index (χ1n) is 5.91. The lowest BCUT2D eigenvalue weighted by Gasteiger charge is -2.30. The van der Waals surface area contributed by atoms with Gasteiger partial charge in [0.25, 0.3) is 5.72 Å². The van der Waals surface area contributed by atoms with E-state index in [1.165, 1.54) is 6.07 Å². The number of halogens is 1. The van der Waals surface area contributed by atoms with Gasteiger partial charge in [-0.1, -0.05) is 0 Å². The summed E-state index contributed by atoms with van der Waals surface area (Å²) in [5.74, 6) is -0.124. The van der Waals surface area contributed by atoms with Crippen LogP contribution in [-0.4, -0.2) is 55.0 Å². The largest absolute Gasteiger partial charge is 0.387 e. The summed E-state index contributed by atoms with van der Waals surface area (Å²) in [7, 11) is 0. The summed E-state index contributed by atoms with van der Waals surface area (Å²) in [6.07, 6.45) is -2.73. The molecule has 1 saturated heterocycles. The van der Waals surface area contributed by atoms with Crippen LogP contribution < -0.4 is 11.4 Å². The van der Waals surface area contributed by atoms with E-state index in [1.54, 1.807) is 6.07 Å². The third-order valence-corrected chi connectivity index (χ3v) is 4.12. The lowest BCUT2D eigenvalue weighted by Crippen LogP contribution is -2.54. The fraction of sp³-hybridized carbons (Fsp3) is 0.545. The number of ether oxygens (including phenoxy) is 1. The molecule has 0 spiro atoms. The van der Waals surface area contributed by atoms with Gasteiger partial charge >= 0.3 is 5.69 Å². The van der Waals surface area contributed by atoms with Gasteiger partial charge in [-0.15, -0.1) is 0 Å². The normalized spacial score (nSPS) is 44.1. The second-order valence-electron chi connectivity index (χ2n) is 5.07. The number of nitrogens with two attached hydrogens (primary N) is 1. The molecule has 21 heavy (non-hydrogen) atoms. The van der Waals surface area contributed by atoms with E-state index in [0.29, 0.717) is 4.57 Å². The minimum atomic E-state index is -2.40. The van der Waals surface area contributed by atoms with E-state index in [2.05, 4.69) is 4.98 Å². The molecule has 1 unspecified atom stereocenters. The molecule has 0 amide bonds. The molecule has 5 N–H and O–H groups in total. The van der Waals surface area contributed by atoms with Gasteiger partial charge in [0.05, 0.1) is 0 Å². The zero-order valence-corrected chi connectivity index (χ0v) is 10.5. The maximum atomic E-state index is 13.2. The quantitative estimate of drug-likeness (QED) is 0.456. The number of nitrogen functional groups attached to an aromatic ring is 1. The van der Waals surface area contributed by atoms with Crippen LogP contribution >= 0.6 is 0 Å². The Kier molecular flexibility index (Phi) is 2.50. The number of nitriles is 1. The highest BCUT2D eigenvalue weighted by atomic mass is 19.1. The Morgan fingerprint density at radius 1 is 1.57 bits per heavy atom. The Bertz CT molecular complexity index is 715. The molecule has 1 aliphatic heterocycles. The van der Waals surface area contributed by atoms with Crippen LogP contribution in [0, 0.1) is 11.3 Å². The summed E-state index contributed by atoms with van der Waals surface area (Å²) in [6.45, 7) is -1.34. The second-order valence-corrected chi connectivity index (χ2v) is 5.07. The highest BCUT2D eigenvalue weighted by molar-refractivity contribution is 5.40. The van der Waals surface area contributed by atoms with E-state index in [0.717, 1.165) is 6.20 Å². The molecule has 10 heteroatoms. The zero-order valence-electron chi connectivity index (χ0n) is 10.5. The number of fused-ring (bicyclic) bond motifs is 1. The fourth-order valence-corrected chi connectivity index (χ4v) is 2.84. The van der Waals surface area contributed by atoms with Crippen molar-refractivity contribution in [2.45, 2.75) is 29.1 Å². The molecule has 2 fully saturated rings. The number of aliphatic hydroxyl groups is 3. The third-order valence-electron chi connectivity index (χ3n) is 4.12. The van der Waals surface area contributed by atoms with Crippen molar-refractivity contribution < 1.29 is 24.4 Å². The van der Waals surface area contributed by atoms with Gasteiger partial charge in [-0.25, -0.2) is 9.18 Å². The first kappa shape index (κ1) is 13.9. The van der Waals surface area contributed by atoms with Gasteiger partial charge in [0.2, 0.25) is 0 Å². The summed E-state index contributed by atoms with van der Waals surface area (Å²) < 4.78 is 18.9. The van der Waals surface area contributed by atoms with Crippen LogP contribution in [0.4, 0.5) is 10.2 Å². The van der Waals surface area contributed by atoms with Crippen molar-refractivity contribution in [3.63, 3.8) is 0 Å². The molecule has 5 atom stereocenters. The van der Waals surface area contributed by atoms with E-state index in [4.69, 9.17) is 10.5 Å². The number of aliphatic hydroxyl groups excluding tert-OH is 2. The molecule has 0 radical (unpaired) electrons. The summed E-state index contributed by atoms with van der Waals surface area (Å²) in [5, 5.41) is 39.3. The number of aromatic nitrogens is 2. The molecule has 1 aliphatic carbocycles. The number of alkyl halides is 1. The molecule has 1 saturated carbocycles. The smallest absolute Gasteiger partial charge is 0.352 e. The molecule has 2 heterocycles. The van der Waals surface area contributed by atoms with E-state index in [1.807, 2.05) is 0 Å². The molecule has 0 bridgehead atoms. The van der Waals surface area contributed by atoms with Crippen LogP contribution in [0.3, 0.4) is 0 Å². The summed E-state index contributed by atoms with van der Waals surface area (Å²) in [4.78, 5) is 15.2. The molecule has 0 aromatic carbocycles. The number of hydrogen-bond donors (Lipinski definition) is 4. The molecule has 1 aromatic rings. The Morgan fingerprint density at radius 3 is 2.71 bits per heavy atom. The Balaban J connectivity index is 2.17. The van der Waals surface area contributed by atoms with Crippen LogP contribution in [0.15, 0.2) is 17.1 Å². The van der Waals surface area contributed by atoms with Gasteiger partial charge in [0.1, 0.15) is 24.7 Å². The highest BCUT2D eigenvalue weighted by Gasteiger charge is 2.91. The van der Waals surface area contributed by atoms with Gasteiger partial charge in [-0.05, 0) is 6.07 Å². The van der Waals surface area contributed by atoms with Crippen molar-refractivity contribution >= 4 is 5.82 Å². The highest BCUT2D eigenvalue weighted by Crippen LogP contribution is 2.64. The zero-order chi connectivity index (χ0) is 15.6. The van der Waals surface area contributed by atoms with Crippen LogP contribution in [-0.2, 0) is 10.5 Å². The van der Waals surface area contributed by atoms with Crippen molar-refractivity contribution in [1.29, 1.82) is 5.26 Å². The average Bonchev–Trinajstić information content (AvgIpc) is 2.83. The van der Waals surface area contributed by atoms with E-state index in [-0.39, 0.29) is 5.82 Å². The van der Waals surface area contributed by atoms with Crippen molar-refractivity contribution in [2.75, 3.05) is 12.4 Å². The SMILES string of the molecule is N#C[C@@]1(n2ccc(N)nc2=O)O[C@]2(CF)C(O)[C@]2(O)[C@H]1O. The van der Waals surface area contributed by atoms with Crippen LogP contribution in [0.25, 0.3) is 0 Å². The lowest BCUT2D eigenvalue weighted by molar-refractivity contribution is -0.165. The standard InChI is InChI=1S/C11H11FN4O5/c12-3-9-6(17)11(9,20)7(18)10(4-13,21-9)16-2-1-5(14)15-8(16)19/h1-2,6-7,17-18,20H,3H2,(H2,14,15,19)/t6?,7-,9+,10+,11-/m0/s1. The second kappa shape index (κ2) is 3.77. The first-order valence-corrected chi connectivity index (χ1v) is 5.91. The maximum Gasteiger partial charge on any atom is 0.352 e. The predicted molar refractivity (Wildman–Crippen MR) is 63.3 cm³/mol. The first-order chi connectivity index (χ1) is 9.80. The van der Waals surface area contributed by atoms with E-state index in [9.17, 15) is 29.8 Å². The van der Waals surface area contributed by atoms with Gasteiger partial charge in [-0.2, -0.15) is 10.2 Å². The molecular weight excluding hydrogens is 287 g/mol. The minimum absolute atomic E-state index is 0.124. The topological polar surface area (TPSA) is 155 Å². The Hall–Kier alpha value is -2.06. The number of nitrogens with zero attached hydrogens (tertiary/aromatic N) is 3. The van der Waals surface area contributed by atoms with E-state index >= 15 is 0 Å². The van der Waals surface area contributed by atoms with Gasteiger partial charge in [0, 0.05) is 6.20 Å². The monoisotopic (exact) mass is 298 g/mol.